The molecule has 24 heavy (non-hydrogen) atoms. The first-order valence-corrected chi connectivity index (χ1v) is 9.24. The zero-order chi connectivity index (χ0) is 17.4. The van der Waals surface area contributed by atoms with Gasteiger partial charge in [-0.2, -0.15) is 0 Å². The van der Waals surface area contributed by atoms with Gasteiger partial charge in [-0.15, -0.1) is 0 Å². The number of amides is 1. The molecule has 1 aromatic carbocycles. The lowest BCUT2D eigenvalue weighted by atomic mass is 10.2. The Morgan fingerprint density at radius 2 is 2.04 bits per heavy atom. The topological polar surface area (TPSA) is 64.1 Å². The van der Waals surface area contributed by atoms with Gasteiger partial charge >= 0.3 is 0 Å². The number of nitrogens with zero attached hydrogens (tertiary/aromatic N) is 2. The van der Waals surface area contributed by atoms with Gasteiger partial charge in [0.1, 0.15) is 5.75 Å². The lowest BCUT2D eigenvalue weighted by Crippen LogP contribution is -2.26. The van der Waals surface area contributed by atoms with Gasteiger partial charge in [-0.05, 0) is 38.2 Å². The number of nitrogens with one attached hydrogen (secondary N) is 1. The fourth-order valence-electron chi connectivity index (χ4n) is 1.95. The van der Waals surface area contributed by atoms with Gasteiger partial charge in [0.2, 0.25) is 0 Å². The third-order valence-corrected chi connectivity index (χ3v) is 4.10. The summed E-state index contributed by atoms with van der Waals surface area (Å²) in [5.74, 6) is 0.583. The van der Waals surface area contributed by atoms with Crippen molar-refractivity contribution in [1.29, 1.82) is 0 Å². The van der Waals surface area contributed by atoms with Crippen molar-refractivity contribution >= 4 is 29.3 Å². The van der Waals surface area contributed by atoms with Crippen LogP contribution in [0.1, 0.15) is 28.9 Å². The molecule has 2 rings (SSSR count). The highest BCUT2D eigenvalue weighted by Gasteiger charge is 2.13. The van der Waals surface area contributed by atoms with Gasteiger partial charge in [-0.3, -0.25) is 4.79 Å². The second kappa shape index (κ2) is 9.49. The molecule has 0 aliphatic rings. The van der Waals surface area contributed by atoms with Crippen molar-refractivity contribution in [3.05, 3.63) is 46.7 Å². The summed E-state index contributed by atoms with van der Waals surface area (Å²) in [6.07, 6.45) is 4.96. The van der Waals surface area contributed by atoms with Gasteiger partial charge in [0.25, 0.3) is 5.91 Å². The second-order valence-corrected chi connectivity index (χ2v) is 6.36. The van der Waals surface area contributed by atoms with Crippen molar-refractivity contribution in [3.8, 4) is 5.75 Å². The minimum Gasteiger partial charge on any atom is -0.494 e. The van der Waals surface area contributed by atoms with Crippen LogP contribution in [0.15, 0.2) is 35.6 Å². The van der Waals surface area contributed by atoms with Crippen molar-refractivity contribution in [2.24, 2.45) is 0 Å². The van der Waals surface area contributed by atoms with Gasteiger partial charge in [0, 0.05) is 6.54 Å². The summed E-state index contributed by atoms with van der Waals surface area (Å²) in [7, 11) is 0. The zero-order valence-corrected chi connectivity index (χ0v) is 15.3. The maximum Gasteiger partial charge on any atom is 0.271 e. The van der Waals surface area contributed by atoms with Crippen LogP contribution in [0.2, 0.25) is 5.02 Å². The van der Waals surface area contributed by atoms with Crippen molar-refractivity contribution in [2.75, 3.05) is 19.4 Å². The van der Waals surface area contributed by atoms with Gasteiger partial charge in [-0.1, -0.05) is 41.1 Å². The predicted octanol–water partition coefficient (Wildman–Crippen LogP) is 3.75. The minimum absolute atomic E-state index is 0.215. The molecule has 0 saturated carbocycles. The number of benzene rings is 1. The number of carbonyl (C=O) groups is 1. The molecular weight excluding hydrogens is 346 g/mol. The van der Waals surface area contributed by atoms with Crippen LogP contribution in [-0.2, 0) is 0 Å². The lowest BCUT2D eigenvalue weighted by molar-refractivity contribution is 0.0946. The Hall–Kier alpha value is -1.79. The van der Waals surface area contributed by atoms with Crippen LogP contribution < -0.4 is 10.1 Å². The largest absolute Gasteiger partial charge is 0.494 e. The second-order valence-electron chi connectivity index (χ2n) is 5.18. The fourth-order valence-corrected chi connectivity index (χ4v) is 2.46. The molecule has 2 aromatic rings. The number of hydrogen-bond donors (Lipinski definition) is 1. The minimum atomic E-state index is -0.280. The molecule has 0 atom stereocenters. The summed E-state index contributed by atoms with van der Waals surface area (Å²) in [5, 5.41) is 3.60. The van der Waals surface area contributed by atoms with E-state index in [9.17, 15) is 4.79 Å². The summed E-state index contributed by atoms with van der Waals surface area (Å²) in [6, 6.07) is 7.95. The van der Waals surface area contributed by atoms with Crippen LogP contribution in [0.4, 0.5) is 0 Å². The van der Waals surface area contributed by atoms with Crippen molar-refractivity contribution in [3.63, 3.8) is 0 Å². The Labute approximate surface area is 151 Å². The Morgan fingerprint density at radius 1 is 1.29 bits per heavy atom. The molecule has 0 radical (unpaired) electrons. The molecule has 0 fully saturated rings. The molecule has 5 nitrogen and oxygen atoms in total. The van der Waals surface area contributed by atoms with Gasteiger partial charge in [0.15, 0.2) is 10.9 Å². The molecule has 0 unspecified atom stereocenters. The monoisotopic (exact) mass is 365 g/mol. The van der Waals surface area contributed by atoms with E-state index in [0.29, 0.717) is 18.3 Å². The first-order valence-electron chi connectivity index (χ1n) is 7.64. The molecule has 0 aliphatic heterocycles. The van der Waals surface area contributed by atoms with E-state index in [1.54, 1.807) is 0 Å². The van der Waals surface area contributed by atoms with Gasteiger partial charge in [-0.25, -0.2) is 9.97 Å². The summed E-state index contributed by atoms with van der Waals surface area (Å²) in [5.41, 5.74) is 1.42. The van der Waals surface area contributed by atoms with Crippen LogP contribution in [0, 0.1) is 6.92 Å². The van der Waals surface area contributed by atoms with Crippen LogP contribution in [0.25, 0.3) is 0 Å². The molecule has 0 spiro atoms. The molecule has 0 bridgehead atoms. The van der Waals surface area contributed by atoms with E-state index in [4.69, 9.17) is 16.3 Å². The van der Waals surface area contributed by atoms with E-state index >= 15 is 0 Å². The number of aromatic nitrogens is 2. The smallest absolute Gasteiger partial charge is 0.271 e. The third-order valence-electron chi connectivity index (χ3n) is 3.27. The summed E-state index contributed by atoms with van der Waals surface area (Å²) >= 11 is 7.34. The molecule has 0 saturated heterocycles. The average molecular weight is 366 g/mol. The standard InChI is InChI=1S/C17H20ClN3O2S/c1-12-5-7-13(8-6-12)23-10-4-3-9-19-16(22)15-14(18)11-20-17(21-15)24-2/h5-8,11H,3-4,9-10H2,1-2H3,(H,19,22). The number of hydrogen-bond acceptors (Lipinski definition) is 5. The molecule has 1 N–H and O–H groups in total. The molecule has 1 amide bonds. The van der Waals surface area contributed by atoms with Crippen molar-refractivity contribution in [2.45, 2.75) is 24.9 Å². The van der Waals surface area contributed by atoms with Gasteiger partial charge < -0.3 is 10.1 Å². The van der Waals surface area contributed by atoms with E-state index in [0.717, 1.165) is 18.6 Å². The van der Waals surface area contributed by atoms with E-state index in [2.05, 4.69) is 15.3 Å². The number of unbranched alkanes of at least 4 members (excludes halogenated alkanes) is 1. The predicted molar refractivity (Wildman–Crippen MR) is 97.1 cm³/mol. The lowest BCUT2D eigenvalue weighted by Gasteiger charge is -2.08. The Kier molecular flexibility index (Phi) is 7.34. The summed E-state index contributed by atoms with van der Waals surface area (Å²) < 4.78 is 5.64. The van der Waals surface area contributed by atoms with E-state index in [-0.39, 0.29) is 16.6 Å². The Morgan fingerprint density at radius 3 is 2.75 bits per heavy atom. The highest BCUT2D eigenvalue weighted by atomic mass is 35.5. The number of aryl methyl sites for hydroxylation is 1. The number of ether oxygens (including phenoxy) is 1. The SMILES string of the molecule is CSc1ncc(Cl)c(C(=O)NCCCCOc2ccc(C)cc2)n1. The number of halogens is 1. The zero-order valence-electron chi connectivity index (χ0n) is 13.7. The normalized spacial score (nSPS) is 10.5. The Balaban J connectivity index is 1.68. The van der Waals surface area contributed by atoms with E-state index in [1.165, 1.54) is 23.5 Å². The summed E-state index contributed by atoms with van der Waals surface area (Å²) in [6.45, 7) is 3.20. The summed E-state index contributed by atoms with van der Waals surface area (Å²) in [4.78, 5) is 20.2. The quantitative estimate of drug-likeness (QED) is 0.438. The maximum atomic E-state index is 12.1. The van der Waals surface area contributed by atoms with Crippen LogP contribution in [0.5, 0.6) is 5.75 Å². The number of carbonyl (C=O) groups excluding carboxylic acids is 1. The highest BCUT2D eigenvalue weighted by molar-refractivity contribution is 7.98. The van der Waals surface area contributed by atoms with E-state index in [1.807, 2.05) is 37.4 Å². The van der Waals surface area contributed by atoms with Crippen LogP contribution in [0.3, 0.4) is 0 Å². The first kappa shape index (κ1) is 18.5. The van der Waals surface area contributed by atoms with Crippen LogP contribution in [-0.4, -0.2) is 35.3 Å². The average Bonchev–Trinajstić information content (AvgIpc) is 2.59. The molecule has 128 valence electrons. The molecule has 7 heteroatoms. The fraction of sp³-hybridized carbons (Fsp3) is 0.353. The highest BCUT2D eigenvalue weighted by Crippen LogP contribution is 2.16. The molecule has 1 aromatic heterocycles. The van der Waals surface area contributed by atoms with Crippen LogP contribution >= 0.6 is 23.4 Å². The van der Waals surface area contributed by atoms with E-state index < -0.39 is 0 Å². The molecular formula is C17H20ClN3O2S. The van der Waals surface area contributed by atoms with Crippen molar-refractivity contribution < 1.29 is 9.53 Å². The van der Waals surface area contributed by atoms with Crippen molar-refractivity contribution in [1.82, 2.24) is 15.3 Å². The molecule has 0 aliphatic carbocycles. The third kappa shape index (κ3) is 5.69. The number of rotatable bonds is 8. The maximum absolute atomic E-state index is 12.1. The first-order chi connectivity index (χ1) is 11.6. The Bertz CT molecular complexity index is 680. The van der Waals surface area contributed by atoms with Gasteiger partial charge in [0.05, 0.1) is 17.8 Å². The number of thioether (sulfide) groups is 1. The molecule has 1 heterocycles.